The molecule has 0 bridgehead atoms. The first-order valence-corrected chi connectivity index (χ1v) is 16.2. The first-order valence-electron chi connectivity index (χ1n) is 16.2. The van der Waals surface area contributed by atoms with Crippen molar-refractivity contribution in [3.8, 4) is 24.0 Å². The van der Waals surface area contributed by atoms with Gasteiger partial charge < -0.3 is 29.4 Å². The lowest BCUT2D eigenvalue weighted by Crippen LogP contribution is -2.59. The average molecular weight is 655 g/mol. The van der Waals surface area contributed by atoms with Crippen molar-refractivity contribution < 1.29 is 28.6 Å². The number of phenols is 1. The molecule has 2 aromatic carbocycles. The number of urea groups is 1. The Balaban J connectivity index is 1.17. The predicted molar refractivity (Wildman–Crippen MR) is 173 cm³/mol. The molecule has 3 N–H and O–H groups in total. The Hall–Kier alpha value is -5.00. The fourth-order valence-electron chi connectivity index (χ4n) is 7.25. The Kier molecular flexibility index (Phi) is 7.34. The van der Waals surface area contributed by atoms with E-state index in [4.69, 9.17) is 25.9 Å². The summed E-state index contributed by atoms with van der Waals surface area (Å²) in [5, 5.41) is 16.9. The normalized spacial score (nSPS) is 22.2. The molecule has 4 aromatic rings. The van der Waals surface area contributed by atoms with Crippen molar-refractivity contribution in [3.63, 3.8) is 0 Å². The minimum absolute atomic E-state index is 0.00885. The van der Waals surface area contributed by atoms with Crippen LogP contribution >= 0.6 is 0 Å². The monoisotopic (exact) mass is 654 g/mol. The van der Waals surface area contributed by atoms with Gasteiger partial charge in [0, 0.05) is 37.0 Å². The van der Waals surface area contributed by atoms with E-state index >= 15 is 0 Å². The number of phenolic OH excluding ortho intramolecular Hbond substituents is 1. The Morgan fingerprint density at radius 1 is 1.12 bits per heavy atom. The van der Waals surface area contributed by atoms with Crippen molar-refractivity contribution in [2.75, 3.05) is 57.4 Å². The van der Waals surface area contributed by atoms with Gasteiger partial charge in [0.15, 0.2) is 11.2 Å². The maximum atomic E-state index is 14.8. The summed E-state index contributed by atoms with van der Waals surface area (Å²) in [5.41, 5.74) is 0.534. The summed E-state index contributed by atoms with van der Waals surface area (Å²) in [4.78, 5) is 43.7. The van der Waals surface area contributed by atoms with Gasteiger partial charge in [-0.25, -0.2) is 14.2 Å². The van der Waals surface area contributed by atoms with Crippen LogP contribution in [0.4, 0.5) is 15.1 Å². The van der Waals surface area contributed by atoms with Crippen molar-refractivity contribution >= 4 is 39.8 Å². The standard InChI is InChI=1S/C34H35FN8O5/c1-2-24-25(35)5-4-21-14-23(44)15-22(26(21)24)16-43-20-36-27-28(43)37-31(42-9-3-6-34(18-42)30(45)39-32(46)40-34)38-29(27)48-19-33(7-8-33)17-41-10-12-47-13-11-41/h1,4-5,14-15,20,44H,3,6-13,16-19H2,(H2,39,40,45,46)/t34-/m0/s1. The average Bonchev–Trinajstić information content (AvgIpc) is 3.63. The molecule has 3 aliphatic heterocycles. The van der Waals surface area contributed by atoms with E-state index in [-0.39, 0.29) is 35.7 Å². The third-order valence-corrected chi connectivity index (χ3v) is 9.96. The molecule has 3 saturated heterocycles. The number of rotatable bonds is 8. The van der Waals surface area contributed by atoms with Crippen molar-refractivity contribution in [3.05, 3.63) is 47.5 Å². The smallest absolute Gasteiger partial charge is 0.322 e. The molecule has 5 heterocycles. The van der Waals surface area contributed by atoms with E-state index in [1.807, 2.05) is 4.90 Å². The van der Waals surface area contributed by atoms with E-state index in [1.165, 1.54) is 6.07 Å². The highest BCUT2D eigenvalue weighted by Gasteiger charge is 2.49. The number of hydrogen-bond acceptors (Lipinski definition) is 10. The molecule has 4 fully saturated rings. The Morgan fingerprint density at radius 2 is 1.96 bits per heavy atom. The third-order valence-electron chi connectivity index (χ3n) is 9.96. The number of nitrogens with zero attached hydrogens (tertiary/aromatic N) is 6. The Morgan fingerprint density at radius 3 is 2.71 bits per heavy atom. The van der Waals surface area contributed by atoms with Crippen molar-refractivity contribution in [1.82, 2.24) is 35.1 Å². The minimum atomic E-state index is -1.08. The van der Waals surface area contributed by atoms with Crippen LogP contribution in [0.2, 0.25) is 0 Å². The van der Waals surface area contributed by atoms with Crippen LogP contribution in [0.25, 0.3) is 21.9 Å². The summed E-state index contributed by atoms with van der Waals surface area (Å²) in [6, 6.07) is 5.47. The molecule has 2 aromatic heterocycles. The summed E-state index contributed by atoms with van der Waals surface area (Å²) in [6.45, 7) is 5.52. The number of halogens is 1. The van der Waals surface area contributed by atoms with Gasteiger partial charge in [0.05, 0.1) is 44.8 Å². The van der Waals surface area contributed by atoms with Gasteiger partial charge in [-0.1, -0.05) is 12.0 Å². The molecule has 1 saturated carbocycles. The zero-order valence-corrected chi connectivity index (χ0v) is 26.3. The number of imide groups is 1. The number of aromatic hydroxyl groups is 1. The summed E-state index contributed by atoms with van der Waals surface area (Å²) in [5.74, 6) is 2.24. The number of aromatic nitrogens is 4. The molecule has 0 unspecified atom stereocenters. The van der Waals surface area contributed by atoms with Gasteiger partial charge >= 0.3 is 6.03 Å². The number of amides is 3. The molecule has 3 amide bonds. The lowest BCUT2D eigenvalue weighted by Gasteiger charge is -2.38. The minimum Gasteiger partial charge on any atom is -0.508 e. The van der Waals surface area contributed by atoms with E-state index in [9.17, 15) is 19.1 Å². The lowest BCUT2D eigenvalue weighted by atomic mass is 9.89. The predicted octanol–water partition coefficient (Wildman–Crippen LogP) is 2.52. The second kappa shape index (κ2) is 11.6. The van der Waals surface area contributed by atoms with Gasteiger partial charge in [-0.3, -0.25) is 15.0 Å². The van der Waals surface area contributed by atoms with Gasteiger partial charge in [-0.2, -0.15) is 9.97 Å². The lowest BCUT2D eigenvalue weighted by molar-refractivity contribution is -0.124. The topological polar surface area (TPSA) is 147 Å². The van der Waals surface area contributed by atoms with Crippen LogP contribution < -0.4 is 20.3 Å². The number of fused-ring (bicyclic) bond motifs is 2. The van der Waals surface area contributed by atoms with Crippen molar-refractivity contribution in [2.24, 2.45) is 5.41 Å². The summed E-state index contributed by atoms with van der Waals surface area (Å²) < 4.78 is 28.6. The van der Waals surface area contributed by atoms with Gasteiger partial charge in [-0.15, -0.1) is 6.42 Å². The molecule has 1 spiro atoms. The largest absolute Gasteiger partial charge is 0.508 e. The summed E-state index contributed by atoms with van der Waals surface area (Å²) in [7, 11) is 0. The summed E-state index contributed by atoms with van der Waals surface area (Å²) >= 11 is 0. The number of terminal acetylenes is 1. The number of nitrogens with one attached hydrogen (secondary N) is 2. The first-order chi connectivity index (χ1) is 23.2. The van der Waals surface area contributed by atoms with E-state index in [0.29, 0.717) is 65.3 Å². The maximum Gasteiger partial charge on any atom is 0.322 e. The molecular formula is C34H35FN8O5. The Labute approximate surface area is 275 Å². The third kappa shape index (κ3) is 5.42. The van der Waals surface area contributed by atoms with E-state index in [2.05, 4.69) is 26.4 Å². The quantitative estimate of drug-likeness (QED) is 0.191. The van der Waals surface area contributed by atoms with E-state index < -0.39 is 17.4 Å². The molecule has 1 atom stereocenters. The van der Waals surface area contributed by atoms with Crippen LogP contribution in [-0.2, 0) is 16.1 Å². The van der Waals surface area contributed by atoms with Gasteiger partial charge in [0.2, 0.25) is 11.8 Å². The molecule has 14 heteroatoms. The molecule has 13 nitrogen and oxygen atoms in total. The van der Waals surface area contributed by atoms with Crippen LogP contribution in [0.1, 0.15) is 36.8 Å². The SMILES string of the molecule is C#Cc1c(F)ccc2cc(O)cc(Cn3cnc4c(OCC5(CN6CCOCC6)CC5)nc(N5CCC[C@@]6(C5)NC(=O)NC6=O)nc43)c12. The number of anilines is 1. The molecule has 248 valence electrons. The molecule has 0 radical (unpaired) electrons. The van der Waals surface area contributed by atoms with Crippen LogP contribution in [0.5, 0.6) is 11.6 Å². The van der Waals surface area contributed by atoms with Gasteiger partial charge in [0.1, 0.15) is 17.1 Å². The first kappa shape index (κ1) is 30.3. The number of ether oxygens (including phenoxy) is 2. The van der Waals surface area contributed by atoms with Gasteiger partial charge in [-0.05, 0) is 54.8 Å². The molecular weight excluding hydrogens is 619 g/mol. The number of benzene rings is 2. The van der Waals surface area contributed by atoms with Crippen molar-refractivity contribution in [2.45, 2.75) is 37.8 Å². The molecule has 1 aliphatic carbocycles. The van der Waals surface area contributed by atoms with Crippen molar-refractivity contribution in [1.29, 1.82) is 0 Å². The van der Waals surface area contributed by atoms with Gasteiger partial charge in [0.25, 0.3) is 5.91 Å². The number of piperidine rings is 1. The second-order valence-electron chi connectivity index (χ2n) is 13.3. The number of carbonyl (C=O) groups excluding carboxylic acids is 2. The number of morpholine rings is 1. The number of carbonyl (C=O) groups is 2. The fraction of sp³-hybridized carbons (Fsp3) is 0.441. The number of imidazole rings is 1. The molecule has 8 rings (SSSR count). The van der Waals surface area contributed by atoms with E-state index in [0.717, 1.165) is 45.7 Å². The molecule has 48 heavy (non-hydrogen) atoms. The summed E-state index contributed by atoms with van der Waals surface area (Å²) in [6.07, 6.45) is 10.6. The van der Waals surface area contributed by atoms with E-state index in [1.54, 1.807) is 29.1 Å². The van der Waals surface area contributed by atoms with Crippen LogP contribution in [0.3, 0.4) is 0 Å². The zero-order chi connectivity index (χ0) is 33.0. The second-order valence-corrected chi connectivity index (χ2v) is 13.3. The van der Waals surface area contributed by atoms with Crippen LogP contribution in [-0.4, -0.2) is 99.5 Å². The highest BCUT2D eigenvalue weighted by molar-refractivity contribution is 6.07. The maximum absolute atomic E-state index is 14.8. The fourth-order valence-corrected chi connectivity index (χ4v) is 7.25. The highest BCUT2D eigenvalue weighted by Crippen LogP contribution is 2.47. The molecule has 4 aliphatic rings. The van der Waals surface area contributed by atoms with Crippen LogP contribution in [0.15, 0.2) is 30.6 Å². The Bertz CT molecular complexity index is 2000. The van der Waals surface area contributed by atoms with Crippen LogP contribution in [0, 0.1) is 23.6 Å². The highest BCUT2D eigenvalue weighted by atomic mass is 19.1. The zero-order valence-electron chi connectivity index (χ0n) is 26.3. The number of hydrogen-bond donors (Lipinski definition) is 3.